The molecule has 1 aliphatic rings. The summed E-state index contributed by atoms with van der Waals surface area (Å²) in [7, 11) is 2.07. The highest BCUT2D eigenvalue weighted by Crippen LogP contribution is 2.17. The minimum absolute atomic E-state index is 0.0525. The molecule has 0 spiro atoms. The molecule has 2 N–H and O–H groups in total. The number of nitrogens with zero attached hydrogens (tertiary/aromatic N) is 2. The summed E-state index contributed by atoms with van der Waals surface area (Å²) in [6, 6.07) is 1.86. The molecule has 92 valence electrons. The predicted octanol–water partition coefficient (Wildman–Crippen LogP) is 0.490. The van der Waals surface area contributed by atoms with Crippen molar-refractivity contribution in [3.05, 3.63) is 33.2 Å². The molecule has 0 saturated heterocycles. The summed E-state index contributed by atoms with van der Waals surface area (Å²) in [4.78, 5) is 14.6. The fraction of sp³-hybridized carbons (Fsp3) is 0.500. The second-order valence-corrected chi connectivity index (χ2v) is 4.87. The van der Waals surface area contributed by atoms with Crippen LogP contribution in [0.5, 0.6) is 0 Å². The molecular weight excluding hydrogens is 234 g/mol. The van der Waals surface area contributed by atoms with Crippen LogP contribution in [0.2, 0.25) is 0 Å². The standard InChI is InChI=1S/C12H17N3OS/c1-3-15-10-4-5-14(2)7-8(10)6-9(11(13)17)12(15)16/h6H,3-5,7H2,1-2H3,(H2,13,17). The Morgan fingerprint density at radius 2 is 2.29 bits per heavy atom. The van der Waals surface area contributed by atoms with Crippen molar-refractivity contribution in [1.29, 1.82) is 0 Å². The Bertz CT molecular complexity index is 521. The average Bonchev–Trinajstić information content (AvgIpc) is 2.28. The molecule has 0 unspecified atom stereocenters. The van der Waals surface area contributed by atoms with E-state index in [1.807, 2.05) is 13.0 Å². The van der Waals surface area contributed by atoms with Gasteiger partial charge in [-0.15, -0.1) is 0 Å². The van der Waals surface area contributed by atoms with E-state index in [4.69, 9.17) is 18.0 Å². The molecule has 0 aromatic carbocycles. The van der Waals surface area contributed by atoms with Crippen molar-refractivity contribution in [2.45, 2.75) is 26.4 Å². The largest absolute Gasteiger partial charge is 0.389 e. The molecule has 1 aliphatic heterocycles. The second kappa shape index (κ2) is 4.58. The number of thiocarbonyl (C=S) groups is 1. The molecular formula is C12H17N3OS. The fourth-order valence-corrected chi connectivity index (χ4v) is 2.52. The third-order valence-corrected chi connectivity index (χ3v) is 3.46. The number of likely N-dealkylation sites (N-methyl/N-ethyl adjacent to an activating group) is 1. The van der Waals surface area contributed by atoms with Crippen molar-refractivity contribution in [3.8, 4) is 0 Å². The summed E-state index contributed by atoms with van der Waals surface area (Å²) in [5, 5.41) is 0. The average molecular weight is 251 g/mol. The molecule has 0 radical (unpaired) electrons. The van der Waals surface area contributed by atoms with Crippen LogP contribution in [0.1, 0.15) is 23.7 Å². The second-order valence-electron chi connectivity index (χ2n) is 4.43. The summed E-state index contributed by atoms with van der Waals surface area (Å²) in [6.45, 7) is 4.48. The van der Waals surface area contributed by atoms with Crippen LogP contribution in [0.3, 0.4) is 0 Å². The van der Waals surface area contributed by atoms with Crippen molar-refractivity contribution in [3.63, 3.8) is 0 Å². The lowest BCUT2D eigenvalue weighted by Crippen LogP contribution is -2.37. The zero-order valence-corrected chi connectivity index (χ0v) is 11.0. The van der Waals surface area contributed by atoms with Crippen molar-refractivity contribution in [2.24, 2.45) is 5.73 Å². The summed E-state index contributed by atoms with van der Waals surface area (Å²) < 4.78 is 1.80. The molecule has 5 heteroatoms. The Morgan fingerprint density at radius 1 is 1.59 bits per heavy atom. The minimum Gasteiger partial charge on any atom is -0.389 e. The highest BCUT2D eigenvalue weighted by atomic mass is 32.1. The van der Waals surface area contributed by atoms with Crippen LogP contribution in [-0.2, 0) is 19.5 Å². The Hall–Kier alpha value is -1.20. The van der Waals surface area contributed by atoms with Crippen LogP contribution in [0, 0.1) is 0 Å². The van der Waals surface area contributed by atoms with E-state index in [2.05, 4.69) is 11.9 Å². The summed E-state index contributed by atoms with van der Waals surface area (Å²) in [5.74, 6) is 0. The normalized spacial score (nSPS) is 15.6. The highest BCUT2D eigenvalue weighted by molar-refractivity contribution is 7.80. The maximum Gasteiger partial charge on any atom is 0.261 e. The van der Waals surface area contributed by atoms with Gasteiger partial charge in [-0.05, 0) is 25.6 Å². The van der Waals surface area contributed by atoms with Crippen molar-refractivity contribution in [2.75, 3.05) is 13.6 Å². The summed E-state index contributed by atoms with van der Waals surface area (Å²) >= 11 is 4.94. The zero-order valence-electron chi connectivity index (χ0n) is 10.2. The number of aromatic nitrogens is 1. The predicted molar refractivity (Wildman–Crippen MR) is 72.3 cm³/mol. The van der Waals surface area contributed by atoms with Gasteiger partial charge in [0.05, 0.1) is 5.56 Å². The minimum atomic E-state index is -0.0525. The topological polar surface area (TPSA) is 51.3 Å². The van der Waals surface area contributed by atoms with Gasteiger partial charge in [-0.25, -0.2) is 0 Å². The number of pyridine rings is 1. The van der Waals surface area contributed by atoms with Gasteiger partial charge in [0.15, 0.2) is 0 Å². The van der Waals surface area contributed by atoms with Crippen LogP contribution in [0.4, 0.5) is 0 Å². The Balaban J connectivity index is 2.66. The van der Waals surface area contributed by atoms with Gasteiger partial charge in [-0.2, -0.15) is 0 Å². The van der Waals surface area contributed by atoms with Crippen molar-refractivity contribution < 1.29 is 0 Å². The van der Waals surface area contributed by atoms with Gasteiger partial charge in [0, 0.05) is 31.7 Å². The first-order valence-corrected chi connectivity index (χ1v) is 6.19. The first-order valence-electron chi connectivity index (χ1n) is 5.78. The SMILES string of the molecule is CCn1c2c(cc(C(N)=S)c1=O)CN(C)CC2. The maximum absolute atomic E-state index is 12.2. The summed E-state index contributed by atoms with van der Waals surface area (Å²) in [6.07, 6.45) is 0.909. The molecule has 0 fully saturated rings. The third-order valence-electron chi connectivity index (χ3n) is 3.24. The van der Waals surface area contributed by atoms with Gasteiger partial charge in [0.25, 0.3) is 5.56 Å². The van der Waals surface area contributed by atoms with E-state index >= 15 is 0 Å². The van der Waals surface area contributed by atoms with Crippen LogP contribution < -0.4 is 11.3 Å². The first kappa shape index (κ1) is 12.3. The molecule has 0 aliphatic carbocycles. The van der Waals surface area contributed by atoms with E-state index in [1.165, 1.54) is 5.56 Å². The third kappa shape index (κ3) is 2.12. The molecule has 0 amide bonds. The number of nitrogens with two attached hydrogens (primary N) is 1. The molecule has 4 nitrogen and oxygen atoms in total. The van der Waals surface area contributed by atoms with E-state index in [0.717, 1.165) is 25.2 Å². The van der Waals surface area contributed by atoms with Crippen molar-refractivity contribution >= 4 is 17.2 Å². The number of hydrogen-bond acceptors (Lipinski definition) is 3. The first-order chi connectivity index (χ1) is 8.04. The molecule has 0 atom stereocenters. The van der Waals surface area contributed by atoms with E-state index in [0.29, 0.717) is 12.1 Å². The van der Waals surface area contributed by atoms with E-state index in [1.54, 1.807) is 4.57 Å². The molecule has 0 bridgehead atoms. The highest BCUT2D eigenvalue weighted by Gasteiger charge is 2.19. The number of rotatable bonds is 2. The summed E-state index contributed by atoms with van der Waals surface area (Å²) in [5.41, 5.74) is 8.33. The van der Waals surface area contributed by atoms with Gasteiger partial charge < -0.3 is 15.2 Å². The van der Waals surface area contributed by atoms with Crippen LogP contribution in [0.15, 0.2) is 10.9 Å². The molecule has 1 aromatic heterocycles. The molecule has 17 heavy (non-hydrogen) atoms. The van der Waals surface area contributed by atoms with Crippen LogP contribution in [0.25, 0.3) is 0 Å². The molecule has 2 heterocycles. The lowest BCUT2D eigenvalue weighted by Gasteiger charge is -2.27. The lowest BCUT2D eigenvalue weighted by atomic mass is 10.0. The zero-order chi connectivity index (χ0) is 12.6. The molecule has 2 rings (SSSR count). The smallest absolute Gasteiger partial charge is 0.261 e. The van der Waals surface area contributed by atoms with Crippen LogP contribution in [-0.4, -0.2) is 28.0 Å². The Labute approximate surface area is 106 Å². The molecule has 1 aromatic rings. The fourth-order valence-electron chi connectivity index (χ4n) is 2.37. The maximum atomic E-state index is 12.2. The quantitative estimate of drug-likeness (QED) is 0.777. The van der Waals surface area contributed by atoms with Gasteiger partial charge >= 0.3 is 0 Å². The van der Waals surface area contributed by atoms with Gasteiger partial charge in [-0.1, -0.05) is 12.2 Å². The van der Waals surface area contributed by atoms with Gasteiger partial charge in [-0.3, -0.25) is 4.79 Å². The number of fused-ring (bicyclic) bond motifs is 1. The van der Waals surface area contributed by atoms with Gasteiger partial charge in [0.2, 0.25) is 0 Å². The van der Waals surface area contributed by atoms with E-state index in [-0.39, 0.29) is 10.5 Å². The van der Waals surface area contributed by atoms with Gasteiger partial charge in [0.1, 0.15) is 4.99 Å². The van der Waals surface area contributed by atoms with Crippen molar-refractivity contribution in [1.82, 2.24) is 9.47 Å². The number of hydrogen-bond donors (Lipinski definition) is 1. The van der Waals surface area contributed by atoms with E-state index in [9.17, 15) is 4.79 Å². The Kier molecular flexibility index (Phi) is 3.31. The monoisotopic (exact) mass is 251 g/mol. The molecule has 0 saturated carbocycles. The van der Waals surface area contributed by atoms with Crippen LogP contribution >= 0.6 is 12.2 Å². The van der Waals surface area contributed by atoms with E-state index < -0.39 is 0 Å². The lowest BCUT2D eigenvalue weighted by molar-refractivity contribution is 0.304. The Morgan fingerprint density at radius 3 is 2.88 bits per heavy atom.